The summed E-state index contributed by atoms with van der Waals surface area (Å²) in [4.78, 5) is 2.40. The minimum atomic E-state index is 0.0856. The predicted molar refractivity (Wildman–Crippen MR) is 85.9 cm³/mol. The first-order valence-corrected chi connectivity index (χ1v) is 7.87. The van der Waals surface area contributed by atoms with Crippen molar-refractivity contribution in [2.45, 2.75) is 25.9 Å². The number of aliphatic hydroxyl groups excluding tert-OH is 1. The Morgan fingerprint density at radius 3 is 2.14 bits per heavy atom. The number of hydrogen-bond donors (Lipinski definition) is 1. The van der Waals surface area contributed by atoms with E-state index in [1.165, 1.54) is 0 Å². The molecule has 1 unspecified atom stereocenters. The van der Waals surface area contributed by atoms with Crippen molar-refractivity contribution < 1.29 is 19.3 Å². The lowest BCUT2D eigenvalue weighted by atomic mass is 9.98. The maximum atomic E-state index is 9.19. The van der Waals surface area contributed by atoms with Crippen LogP contribution in [0.15, 0.2) is 18.2 Å². The fraction of sp³-hybridized carbons (Fsp3) is 0.647. The number of methoxy groups -OCH3 is 2. The summed E-state index contributed by atoms with van der Waals surface area (Å²) in [5.74, 6) is 2.68. The van der Waals surface area contributed by atoms with Gasteiger partial charge in [-0.2, -0.15) is 0 Å². The van der Waals surface area contributed by atoms with Crippen LogP contribution in [0.4, 0.5) is 0 Å². The van der Waals surface area contributed by atoms with E-state index < -0.39 is 0 Å². The van der Waals surface area contributed by atoms with E-state index in [4.69, 9.17) is 14.2 Å². The number of ether oxygens (including phenoxy) is 3. The lowest BCUT2D eigenvalue weighted by Gasteiger charge is -2.32. The van der Waals surface area contributed by atoms with Crippen LogP contribution in [0.3, 0.4) is 0 Å². The van der Waals surface area contributed by atoms with Crippen LogP contribution in [-0.4, -0.2) is 56.6 Å². The molecule has 1 N–H and O–H groups in total. The van der Waals surface area contributed by atoms with Gasteiger partial charge in [-0.1, -0.05) is 0 Å². The van der Waals surface area contributed by atoms with Gasteiger partial charge in [0.2, 0.25) is 0 Å². The third kappa shape index (κ3) is 4.78. The SMILES string of the molecule is COc1cc(OC)cc(OC(C)CN2CCC(CO)CC2)c1. The molecule has 22 heavy (non-hydrogen) atoms. The van der Waals surface area contributed by atoms with Gasteiger partial charge in [0.15, 0.2) is 0 Å². The fourth-order valence-corrected chi connectivity index (χ4v) is 2.83. The van der Waals surface area contributed by atoms with Gasteiger partial charge in [0.05, 0.1) is 14.2 Å². The first-order chi connectivity index (χ1) is 10.6. The third-order valence-electron chi connectivity index (χ3n) is 4.14. The molecule has 2 rings (SSSR count). The van der Waals surface area contributed by atoms with E-state index in [1.807, 2.05) is 18.2 Å². The van der Waals surface area contributed by atoms with Gasteiger partial charge in [0.25, 0.3) is 0 Å². The number of piperidine rings is 1. The lowest BCUT2D eigenvalue weighted by Crippen LogP contribution is -2.40. The molecule has 0 saturated carbocycles. The maximum absolute atomic E-state index is 9.19. The Morgan fingerprint density at radius 1 is 1.09 bits per heavy atom. The van der Waals surface area contributed by atoms with Crippen LogP contribution < -0.4 is 14.2 Å². The predicted octanol–water partition coefficient (Wildman–Crippen LogP) is 2.18. The zero-order valence-corrected chi connectivity index (χ0v) is 13.7. The first-order valence-electron chi connectivity index (χ1n) is 7.87. The molecule has 0 aliphatic carbocycles. The highest BCUT2D eigenvalue weighted by Crippen LogP contribution is 2.28. The molecule has 1 atom stereocenters. The van der Waals surface area contributed by atoms with Gasteiger partial charge in [-0.15, -0.1) is 0 Å². The molecule has 5 nitrogen and oxygen atoms in total. The van der Waals surface area contributed by atoms with Crippen molar-refractivity contribution in [3.8, 4) is 17.2 Å². The summed E-state index contributed by atoms with van der Waals surface area (Å²) in [6.07, 6.45) is 2.22. The molecular formula is C17H27NO4. The van der Waals surface area contributed by atoms with Gasteiger partial charge in [-0.3, -0.25) is 4.90 Å². The summed E-state index contributed by atoms with van der Waals surface area (Å²) in [5, 5.41) is 9.19. The molecule has 1 saturated heterocycles. The number of benzene rings is 1. The Bertz CT molecular complexity index is 436. The molecule has 124 valence electrons. The van der Waals surface area contributed by atoms with E-state index >= 15 is 0 Å². The van der Waals surface area contributed by atoms with Crippen molar-refractivity contribution in [2.24, 2.45) is 5.92 Å². The summed E-state index contributed by atoms with van der Waals surface area (Å²) < 4.78 is 16.5. The van der Waals surface area contributed by atoms with Crippen molar-refractivity contribution in [1.82, 2.24) is 4.90 Å². The number of likely N-dealkylation sites (tertiary alicyclic amines) is 1. The first kappa shape index (κ1) is 16.9. The van der Waals surface area contributed by atoms with Crippen LogP contribution in [0.1, 0.15) is 19.8 Å². The minimum absolute atomic E-state index is 0.0856. The van der Waals surface area contributed by atoms with Gasteiger partial charge < -0.3 is 19.3 Å². The Labute approximate surface area is 132 Å². The molecule has 1 heterocycles. The van der Waals surface area contributed by atoms with E-state index in [-0.39, 0.29) is 6.10 Å². The minimum Gasteiger partial charge on any atom is -0.496 e. The maximum Gasteiger partial charge on any atom is 0.127 e. The molecule has 1 aromatic carbocycles. The molecule has 0 amide bonds. The average molecular weight is 309 g/mol. The smallest absolute Gasteiger partial charge is 0.127 e. The molecule has 1 aromatic rings. The van der Waals surface area contributed by atoms with Crippen LogP contribution in [0.5, 0.6) is 17.2 Å². The summed E-state index contributed by atoms with van der Waals surface area (Å²) in [7, 11) is 3.26. The van der Waals surface area contributed by atoms with E-state index in [0.717, 1.165) is 49.7 Å². The van der Waals surface area contributed by atoms with E-state index in [1.54, 1.807) is 14.2 Å². The Hall–Kier alpha value is -1.46. The van der Waals surface area contributed by atoms with Gasteiger partial charge in [0, 0.05) is 31.4 Å². The van der Waals surface area contributed by atoms with E-state index in [0.29, 0.717) is 12.5 Å². The van der Waals surface area contributed by atoms with Crippen LogP contribution >= 0.6 is 0 Å². The Morgan fingerprint density at radius 2 is 1.64 bits per heavy atom. The quantitative estimate of drug-likeness (QED) is 0.836. The number of nitrogens with zero attached hydrogens (tertiary/aromatic N) is 1. The number of rotatable bonds is 7. The Balaban J connectivity index is 1.88. The van der Waals surface area contributed by atoms with Crippen molar-refractivity contribution >= 4 is 0 Å². The van der Waals surface area contributed by atoms with Gasteiger partial charge in [-0.25, -0.2) is 0 Å². The van der Waals surface area contributed by atoms with Crippen molar-refractivity contribution in [2.75, 3.05) is 40.5 Å². The largest absolute Gasteiger partial charge is 0.496 e. The highest BCUT2D eigenvalue weighted by molar-refractivity contribution is 5.42. The molecule has 0 radical (unpaired) electrons. The zero-order chi connectivity index (χ0) is 15.9. The van der Waals surface area contributed by atoms with Crippen LogP contribution in [0, 0.1) is 5.92 Å². The standard InChI is InChI=1S/C17H27NO4/c1-13(11-18-6-4-14(12-19)5-7-18)22-17-9-15(20-2)8-16(10-17)21-3/h8-10,13-14,19H,4-7,11-12H2,1-3H3. The van der Waals surface area contributed by atoms with E-state index in [2.05, 4.69) is 11.8 Å². The third-order valence-corrected chi connectivity index (χ3v) is 4.14. The lowest BCUT2D eigenvalue weighted by molar-refractivity contribution is 0.0940. The fourth-order valence-electron chi connectivity index (χ4n) is 2.83. The summed E-state index contributed by atoms with van der Waals surface area (Å²) >= 11 is 0. The van der Waals surface area contributed by atoms with Crippen LogP contribution in [-0.2, 0) is 0 Å². The molecule has 1 aliphatic heterocycles. The molecule has 5 heteroatoms. The monoisotopic (exact) mass is 309 g/mol. The molecule has 0 bridgehead atoms. The molecule has 1 aliphatic rings. The second-order valence-corrected chi connectivity index (χ2v) is 5.90. The molecule has 1 fully saturated rings. The van der Waals surface area contributed by atoms with Crippen molar-refractivity contribution in [3.05, 3.63) is 18.2 Å². The normalized spacial score (nSPS) is 18.0. The van der Waals surface area contributed by atoms with Crippen molar-refractivity contribution in [1.29, 1.82) is 0 Å². The van der Waals surface area contributed by atoms with Gasteiger partial charge in [0.1, 0.15) is 23.4 Å². The second-order valence-electron chi connectivity index (χ2n) is 5.90. The molecule has 0 aromatic heterocycles. The second kappa shape index (κ2) is 8.25. The Kier molecular flexibility index (Phi) is 6.34. The number of aliphatic hydroxyl groups is 1. The summed E-state index contributed by atoms with van der Waals surface area (Å²) in [6, 6.07) is 5.57. The summed E-state index contributed by atoms with van der Waals surface area (Å²) in [6.45, 7) is 5.33. The zero-order valence-electron chi connectivity index (χ0n) is 13.7. The number of hydrogen-bond acceptors (Lipinski definition) is 5. The molecule has 0 spiro atoms. The highest BCUT2D eigenvalue weighted by atomic mass is 16.5. The van der Waals surface area contributed by atoms with Crippen LogP contribution in [0.2, 0.25) is 0 Å². The average Bonchev–Trinajstić information content (AvgIpc) is 2.55. The molecular weight excluding hydrogens is 282 g/mol. The van der Waals surface area contributed by atoms with Crippen molar-refractivity contribution in [3.63, 3.8) is 0 Å². The van der Waals surface area contributed by atoms with Crippen LogP contribution in [0.25, 0.3) is 0 Å². The van der Waals surface area contributed by atoms with E-state index in [9.17, 15) is 5.11 Å². The highest BCUT2D eigenvalue weighted by Gasteiger charge is 2.20. The van der Waals surface area contributed by atoms with Gasteiger partial charge >= 0.3 is 0 Å². The topological polar surface area (TPSA) is 51.2 Å². The van der Waals surface area contributed by atoms with Gasteiger partial charge in [-0.05, 0) is 38.8 Å². The summed E-state index contributed by atoms with van der Waals surface area (Å²) in [5.41, 5.74) is 0.